The SMILES string of the molecule is O=C(NC1CCC2(CC1)CN(C(=O)CCc1n[nH]c(=O)[nH]1)C2)c1c[nH]ncc1=O. The maximum atomic E-state index is 12.3. The Morgan fingerprint density at radius 3 is 2.66 bits per heavy atom. The molecule has 29 heavy (non-hydrogen) atoms. The molecule has 0 unspecified atom stereocenters. The Kier molecular flexibility index (Phi) is 5.03. The first-order chi connectivity index (χ1) is 13.9. The zero-order valence-electron chi connectivity index (χ0n) is 15.9. The first-order valence-corrected chi connectivity index (χ1v) is 9.69. The third-order valence-electron chi connectivity index (χ3n) is 5.89. The number of aromatic nitrogens is 5. The second-order valence-electron chi connectivity index (χ2n) is 7.93. The van der Waals surface area contributed by atoms with Crippen LogP contribution in [0.4, 0.5) is 0 Å². The maximum absolute atomic E-state index is 12.3. The second kappa shape index (κ2) is 7.64. The van der Waals surface area contributed by atoms with Crippen LogP contribution in [-0.4, -0.2) is 61.2 Å². The van der Waals surface area contributed by atoms with E-state index in [0.29, 0.717) is 18.7 Å². The Morgan fingerprint density at radius 1 is 1.24 bits per heavy atom. The third-order valence-corrected chi connectivity index (χ3v) is 5.89. The highest BCUT2D eigenvalue weighted by Gasteiger charge is 2.46. The van der Waals surface area contributed by atoms with E-state index < -0.39 is 5.43 Å². The van der Waals surface area contributed by atoms with E-state index in [2.05, 4.69) is 30.7 Å². The normalized spacial score (nSPS) is 18.4. The molecule has 0 atom stereocenters. The topological polar surface area (TPSA) is 157 Å². The van der Waals surface area contributed by atoms with Crippen molar-refractivity contribution in [1.82, 2.24) is 35.6 Å². The molecule has 1 saturated carbocycles. The van der Waals surface area contributed by atoms with Crippen LogP contribution in [0.3, 0.4) is 0 Å². The van der Waals surface area contributed by atoms with Crippen LogP contribution in [0.2, 0.25) is 0 Å². The molecule has 4 rings (SSSR count). The van der Waals surface area contributed by atoms with Crippen LogP contribution >= 0.6 is 0 Å². The fraction of sp³-hybridized carbons (Fsp3) is 0.556. The molecule has 11 nitrogen and oxygen atoms in total. The molecule has 1 aliphatic heterocycles. The lowest BCUT2D eigenvalue weighted by atomic mass is 9.67. The predicted molar refractivity (Wildman–Crippen MR) is 101 cm³/mol. The number of hydrogen-bond acceptors (Lipinski definition) is 6. The van der Waals surface area contributed by atoms with Gasteiger partial charge in [-0.15, -0.1) is 0 Å². The molecule has 2 amide bonds. The molecule has 3 heterocycles. The molecule has 0 bridgehead atoms. The standard InChI is InChI=1S/C18H23N7O4/c26-13-8-20-19-7-12(13)16(28)21-11-3-5-18(6-4-11)9-25(10-18)15(27)2-1-14-22-17(29)24-23-14/h7-8,11H,1-6,9-10H2,(H,19,26)(H,21,28)(H2,22,23,24,29). The van der Waals surface area contributed by atoms with Gasteiger partial charge in [0.15, 0.2) is 0 Å². The van der Waals surface area contributed by atoms with E-state index in [-0.39, 0.29) is 34.5 Å². The van der Waals surface area contributed by atoms with E-state index in [1.54, 1.807) is 0 Å². The number of carbonyl (C=O) groups is 2. The Labute approximate surface area is 165 Å². The zero-order valence-corrected chi connectivity index (χ0v) is 15.9. The van der Waals surface area contributed by atoms with Crippen LogP contribution in [0, 0.1) is 5.41 Å². The van der Waals surface area contributed by atoms with E-state index in [0.717, 1.165) is 45.0 Å². The van der Waals surface area contributed by atoms with Gasteiger partial charge >= 0.3 is 5.69 Å². The molecule has 2 aromatic rings. The van der Waals surface area contributed by atoms with Crippen molar-refractivity contribution in [2.75, 3.05) is 13.1 Å². The highest BCUT2D eigenvalue weighted by molar-refractivity contribution is 5.93. The minimum atomic E-state index is -0.402. The number of aromatic amines is 3. The second-order valence-corrected chi connectivity index (χ2v) is 7.93. The molecule has 2 aliphatic rings. The number of H-pyrrole nitrogens is 3. The molecule has 2 fully saturated rings. The fourth-order valence-corrected chi connectivity index (χ4v) is 4.22. The van der Waals surface area contributed by atoms with E-state index in [1.165, 1.54) is 6.20 Å². The van der Waals surface area contributed by atoms with Gasteiger partial charge in [-0.05, 0) is 25.7 Å². The lowest BCUT2D eigenvalue weighted by Crippen LogP contribution is -2.60. The van der Waals surface area contributed by atoms with Crippen LogP contribution in [0.5, 0.6) is 0 Å². The van der Waals surface area contributed by atoms with E-state index in [4.69, 9.17) is 0 Å². The average molecular weight is 401 g/mol. The summed E-state index contributed by atoms with van der Waals surface area (Å²) >= 11 is 0. The van der Waals surface area contributed by atoms with Crippen molar-refractivity contribution in [2.24, 2.45) is 5.41 Å². The number of rotatable bonds is 5. The number of amides is 2. The number of nitrogens with one attached hydrogen (secondary N) is 4. The molecular formula is C18H23N7O4. The number of hydrogen-bond donors (Lipinski definition) is 4. The maximum Gasteiger partial charge on any atom is 0.340 e. The van der Waals surface area contributed by atoms with Crippen molar-refractivity contribution < 1.29 is 9.59 Å². The Balaban J connectivity index is 1.22. The minimum absolute atomic E-state index is 0.0296. The van der Waals surface area contributed by atoms with Gasteiger partial charge in [-0.2, -0.15) is 10.2 Å². The lowest BCUT2D eigenvalue weighted by molar-refractivity contribution is -0.145. The van der Waals surface area contributed by atoms with Gasteiger partial charge in [0.05, 0.1) is 6.20 Å². The van der Waals surface area contributed by atoms with Crippen molar-refractivity contribution in [3.05, 3.63) is 44.5 Å². The van der Waals surface area contributed by atoms with Gasteiger partial charge < -0.3 is 10.2 Å². The first-order valence-electron chi connectivity index (χ1n) is 9.69. The molecule has 1 spiro atoms. The van der Waals surface area contributed by atoms with Crippen LogP contribution in [-0.2, 0) is 11.2 Å². The molecule has 0 radical (unpaired) electrons. The van der Waals surface area contributed by atoms with Gasteiger partial charge in [0, 0.05) is 43.6 Å². The van der Waals surface area contributed by atoms with Crippen LogP contribution in [0.25, 0.3) is 0 Å². The van der Waals surface area contributed by atoms with Crippen molar-refractivity contribution in [3.63, 3.8) is 0 Å². The molecule has 154 valence electrons. The summed E-state index contributed by atoms with van der Waals surface area (Å²) in [5.41, 5.74) is -0.571. The summed E-state index contributed by atoms with van der Waals surface area (Å²) in [4.78, 5) is 51.7. The van der Waals surface area contributed by atoms with E-state index in [1.807, 2.05) is 4.90 Å². The molecule has 1 saturated heterocycles. The quantitative estimate of drug-likeness (QED) is 0.520. The summed E-state index contributed by atoms with van der Waals surface area (Å²) in [6, 6.07) is 0.0296. The lowest BCUT2D eigenvalue weighted by Gasteiger charge is -2.53. The van der Waals surface area contributed by atoms with Crippen LogP contribution in [0.15, 0.2) is 22.0 Å². The Hall–Kier alpha value is -3.24. The Bertz CT molecular complexity index is 1010. The predicted octanol–water partition coefficient (Wildman–Crippen LogP) is -0.685. The summed E-state index contributed by atoms with van der Waals surface area (Å²) in [5.74, 6) is 0.172. The van der Waals surface area contributed by atoms with Crippen molar-refractivity contribution in [1.29, 1.82) is 0 Å². The highest BCUT2D eigenvalue weighted by Crippen LogP contribution is 2.44. The highest BCUT2D eigenvalue weighted by atomic mass is 16.2. The zero-order chi connectivity index (χ0) is 20.4. The van der Waals surface area contributed by atoms with Gasteiger partial charge in [-0.25, -0.2) is 9.89 Å². The van der Waals surface area contributed by atoms with Gasteiger partial charge in [0.1, 0.15) is 11.4 Å². The fourth-order valence-electron chi connectivity index (χ4n) is 4.22. The third kappa shape index (κ3) is 4.13. The van der Waals surface area contributed by atoms with Crippen molar-refractivity contribution in [2.45, 2.75) is 44.6 Å². The summed E-state index contributed by atoms with van der Waals surface area (Å²) < 4.78 is 0. The minimum Gasteiger partial charge on any atom is -0.349 e. The van der Waals surface area contributed by atoms with Crippen molar-refractivity contribution >= 4 is 11.8 Å². The van der Waals surface area contributed by atoms with E-state index >= 15 is 0 Å². The first kappa shape index (κ1) is 19.1. The number of carbonyl (C=O) groups excluding carboxylic acids is 2. The van der Waals surface area contributed by atoms with Gasteiger partial charge in [0.25, 0.3) is 5.91 Å². The summed E-state index contributed by atoms with van der Waals surface area (Å²) in [5, 5.41) is 15.1. The molecule has 2 aromatic heterocycles. The number of aryl methyl sites for hydroxylation is 1. The van der Waals surface area contributed by atoms with Gasteiger partial charge in [-0.3, -0.25) is 24.5 Å². The smallest absolute Gasteiger partial charge is 0.340 e. The van der Waals surface area contributed by atoms with Crippen LogP contribution in [0.1, 0.15) is 48.3 Å². The van der Waals surface area contributed by atoms with Crippen LogP contribution < -0.4 is 16.4 Å². The van der Waals surface area contributed by atoms with Crippen molar-refractivity contribution in [3.8, 4) is 0 Å². The number of likely N-dealkylation sites (tertiary alicyclic amines) is 1. The molecule has 1 aliphatic carbocycles. The molecule has 11 heteroatoms. The summed E-state index contributed by atoms with van der Waals surface area (Å²) in [6.07, 6.45) is 6.64. The summed E-state index contributed by atoms with van der Waals surface area (Å²) in [6.45, 7) is 1.46. The molecule has 4 N–H and O–H groups in total. The van der Waals surface area contributed by atoms with Gasteiger partial charge in [-0.1, -0.05) is 0 Å². The largest absolute Gasteiger partial charge is 0.349 e. The molecule has 0 aromatic carbocycles. The van der Waals surface area contributed by atoms with E-state index in [9.17, 15) is 19.2 Å². The van der Waals surface area contributed by atoms with Gasteiger partial charge in [0.2, 0.25) is 11.3 Å². The molecular weight excluding hydrogens is 378 g/mol. The number of nitrogens with zero attached hydrogens (tertiary/aromatic N) is 3. The Morgan fingerprint density at radius 2 is 2.00 bits per heavy atom. The average Bonchev–Trinajstić information content (AvgIpc) is 3.10. The monoisotopic (exact) mass is 401 g/mol. The summed E-state index contributed by atoms with van der Waals surface area (Å²) in [7, 11) is 0.